The molecule has 7 nitrogen and oxygen atoms in total. The van der Waals surface area contributed by atoms with Crippen molar-refractivity contribution >= 4 is 21.9 Å². The van der Waals surface area contributed by atoms with E-state index in [0.717, 1.165) is 35.2 Å². The minimum Gasteiger partial charge on any atom is -0.357 e. The van der Waals surface area contributed by atoms with E-state index in [4.69, 9.17) is 0 Å². The smallest absolute Gasteiger partial charge is 0.194 e. The van der Waals surface area contributed by atoms with E-state index < -0.39 is 0 Å². The second-order valence-electron chi connectivity index (χ2n) is 5.51. The van der Waals surface area contributed by atoms with Gasteiger partial charge in [-0.2, -0.15) is 0 Å². The van der Waals surface area contributed by atoms with E-state index in [-0.39, 0.29) is 0 Å². The van der Waals surface area contributed by atoms with Crippen LogP contribution in [0.3, 0.4) is 0 Å². The van der Waals surface area contributed by atoms with Gasteiger partial charge in [-0.1, -0.05) is 0 Å². The van der Waals surface area contributed by atoms with Crippen LogP contribution in [0.5, 0.6) is 0 Å². The molecule has 0 fully saturated rings. The van der Waals surface area contributed by atoms with Crippen LogP contribution in [0.4, 0.5) is 0 Å². The topological polar surface area (TPSA) is 63.3 Å². The Balaban J connectivity index is 2.11. The summed E-state index contributed by atoms with van der Waals surface area (Å²) in [6.45, 7) is 6.09. The molecule has 2 heterocycles. The Morgan fingerprint density at radius 1 is 1.39 bits per heavy atom. The zero-order chi connectivity index (χ0) is 17.0. The lowest BCUT2D eigenvalue weighted by Gasteiger charge is -2.22. The lowest BCUT2D eigenvalue weighted by Crippen LogP contribution is -2.38. The number of aliphatic imine (C=N–C) groups is 1. The van der Waals surface area contributed by atoms with Crippen molar-refractivity contribution in [2.45, 2.75) is 26.9 Å². The molecule has 0 aliphatic heterocycles. The number of aromatic nitrogens is 4. The van der Waals surface area contributed by atoms with Crippen LogP contribution in [-0.4, -0.2) is 43.8 Å². The maximum atomic E-state index is 4.68. The molecule has 0 unspecified atom stereocenters. The van der Waals surface area contributed by atoms with Gasteiger partial charge in [-0.05, 0) is 35.8 Å². The van der Waals surface area contributed by atoms with Crippen molar-refractivity contribution in [3.8, 4) is 0 Å². The fourth-order valence-electron chi connectivity index (χ4n) is 2.25. The molecule has 0 amide bonds. The summed E-state index contributed by atoms with van der Waals surface area (Å²) in [6.07, 6.45) is 2.05. The third kappa shape index (κ3) is 4.34. The maximum Gasteiger partial charge on any atom is 0.194 e. The Kier molecular flexibility index (Phi) is 5.81. The molecule has 0 aliphatic rings. The Labute approximate surface area is 145 Å². The summed E-state index contributed by atoms with van der Waals surface area (Å²) in [7, 11) is 6.03. The minimum atomic E-state index is 0.501. The number of nitrogens with zero attached hydrogens (tertiary/aromatic N) is 6. The van der Waals surface area contributed by atoms with Gasteiger partial charge in [0.15, 0.2) is 11.8 Å². The number of aryl methyl sites for hydroxylation is 2. The summed E-state index contributed by atoms with van der Waals surface area (Å²) in [5, 5.41) is 11.5. The van der Waals surface area contributed by atoms with E-state index >= 15 is 0 Å². The summed E-state index contributed by atoms with van der Waals surface area (Å²) in [5.41, 5.74) is 1.21. The third-order valence-electron chi connectivity index (χ3n) is 3.72. The highest BCUT2D eigenvalue weighted by Gasteiger charge is 2.11. The van der Waals surface area contributed by atoms with E-state index in [1.807, 2.05) is 32.6 Å². The zero-order valence-corrected chi connectivity index (χ0v) is 15.9. The van der Waals surface area contributed by atoms with E-state index in [1.165, 1.54) is 5.69 Å². The molecule has 0 saturated carbocycles. The fourth-order valence-corrected chi connectivity index (χ4v) is 2.82. The molecule has 2 aromatic rings. The second-order valence-corrected chi connectivity index (χ2v) is 6.42. The number of nitrogens with one attached hydrogen (secondary N) is 1. The first kappa shape index (κ1) is 17.5. The molecular weight excluding hydrogens is 358 g/mol. The Hall–Kier alpha value is -1.83. The molecule has 1 N–H and O–H groups in total. The van der Waals surface area contributed by atoms with Gasteiger partial charge in [-0.3, -0.25) is 0 Å². The highest BCUT2D eigenvalue weighted by atomic mass is 79.9. The molecule has 126 valence electrons. The van der Waals surface area contributed by atoms with Crippen LogP contribution < -0.4 is 5.32 Å². The van der Waals surface area contributed by atoms with Gasteiger partial charge in [0.25, 0.3) is 0 Å². The summed E-state index contributed by atoms with van der Waals surface area (Å²) in [4.78, 5) is 6.78. The van der Waals surface area contributed by atoms with Crippen molar-refractivity contribution in [2.75, 3.05) is 13.6 Å². The van der Waals surface area contributed by atoms with Gasteiger partial charge in [-0.25, -0.2) is 4.99 Å². The lowest BCUT2D eigenvalue weighted by atomic mass is 10.4. The maximum absolute atomic E-state index is 4.68. The van der Waals surface area contributed by atoms with Gasteiger partial charge in [-0.15, -0.1) is 10.2 Å². The summed E-state index contributed by atoms with van der Waals surface area (Å²) < 4.78 is 5.15. The summed E-state index contributed by atoms with van der Waals surface area (Å²) in [6, 6.07) is 2.12. The highest BCUT2D eigenvalue weighted by molar-refractivity contribution is 9.10. The van der Waals surface area contributed by atoms with E-state index in [9.17, 15) is 0 Å². The standard InChI is InChI=1S/C15H24BrN7/c1-6-17-15(18-8-14-20-19-11(2)23(14)5)22(4)10-13-7-12(16)9-21(13)3/h7,9H,6,8,10H2,1-5H3,(H,17,18). The molecule has 0 aliphatic carbocycles. The van der Waals surface area contributed by atoms with Gasteiger partial charge >= 0.3 is 0 Å². The third-order valence-corrected chi connectivity index (χ3v) is 4.16. The molecule has 0 atom stereocenters. The van der Waals surface area contributed by atoms with Crippen LogP contribution in [0.2, 0.25) is 0 Å². The molecule has 2 rings (SSSR count). The molecule has 8 heteroatoms. The monoisotopic (exact) mass is 381 g/mol. The first-order valence-corrected chi connectivity index (χ1v) is 8.36. The van der Waals surface area contributed by atoms with Crippen LogP contribution >= 0.6 is 15.9 Å². The van der Waals surface area contributed by atoms with Crippen molar-refractivity contribution in [1.29, 1.82) is 0 Å². The van der Waals surface area contributed by atoms with Gasteiger partial charge in [0, 0.05) is 44.1 Å². The van der Waals surface area contributed by atoms with E-state index in [0.29, 0.717) is 6.54 Å². The molecular formula is C15H24BrN7. The average molecular weight is 382 g/mol. The van der Waals surface area contributed by atoms with Crippen LogP contribution in [0, 0.1) is 6.92 Å². The molecule has 0 aromatic carbocycles. The SMILES string of the molecule is CCNC(=NCc1nnc(C)n1C)N(C)Cc1cc(Br)cn1C. The van der Waals surface area contributed by atoms with Crippen molar-refractivity contribution in [2.24, 2.45) is 19.1 Å². The molecule has 0 spiro atoms. The fraction of sp³-hybridized carbons (Fsp3) is 0.533. The molecule has 0 saturated heterocycles. The molecule has 23 heavy (non-hydrogen) atoms. The van der Waals surface area contributed by atoms with Gasteiger partial charge in [0.2, 0.25) is 0 Å². The van der Waals surface area contributed by atoms with Crippen LogP contribution in [0.1, 0.15) is 24.3 Å². The minimum absolute atomic E-state index is 0.501. The molecule has 0 bridgehead atoms. The average Bonchev–Trinajstić information content (AvgIpc) is 2.98. The molecule has 2 aromatic heterocycles. The van der Waals surface area contributed by atoms with Gasteiger partial charge < -0.3 is 19.4 Å². The predicted molar refractivity (Wildman–Crippen MR) is 95.1 cm³/mol. The summed E-state index contributed by atoms with van der Waals surface area (Å²) in [5.74, 6) is 2.60. The Morgan fingerprint density at radius 3 is 2.65 bits per heavy atom. The Bertz CT molecular complexity index is 686. The normalized spacial score (nSPS) is 11.8. The van der Waals surface area contributed by atoms with Gasteiger partial charge in [0.05, 0.1) is 6.54 Å². The predicted octanol–water partition coefficient (Wildman–Crippen LogP) is 1.82. The molecule has 0 radical (unpaired) electrons. The number of guanidine groups is 1. The van der Waals surface area contributed by atoms with Crippen molar-refractivity contribution < 1.29 is 0 Å². The van der Waals surface area contributed by atoms with Crippen molar-refractivity contribution in [3.05, 3.63) is 34.1 Å². The first-order chi connectivity index (χ1) is 10.9. The quantitative estimate of drug-likeness (QED) is 0.633. The highest BCUT2D eigenvalue weighted by Crippen LogP contribution is 2.15. The number of hydrogen-bond donors (Lipinski definition) is 1. The van der Waals surface area contributed by atoms with E-state index in [2.05, 4.69) is 65.1 Å². The van der Waals surface area contributed by atoms with Crippen LogP contribution in [0.15, 0.2) is 21.7 Å². The number of hydrogen-bond acceptors (Lipinski definition) is 3. The second kappa shape index (κ2) is 7.63. The summed E-state index contributed by atoms with van der Waals surface area (Å²) >= 11 is 3.51. The number of rotatable bonds is 5. The largest absolute Gasteiger partial charge is 0.357 e. The van der Waals surface area contributed by atoms with Crippen molar-refractivity contribution in [3.63, 3.8) is 0 Å². The van der Waals surface area contributed by atoms with E-state index in [1.54, 1.807) is 0 Å². The lowest BCUT2D eigenvalue weighted by molar-refractivity contribution is 0.461. The Morgan fingerprint density at radius 2 is 2.13 bits per heavy atom. The van der Waals surface area contributed by atoms with Gasteiger partial charge in [0.1, 0.15) is 12.4 Å². The zero-order valence-electron chi connectivity index (χ0n) is 14.3. The number of halogens is 1. The van der Waals surface area contributed by atoms with Crippen molar-refractivity contribution in [1.82, 2.24) is 29.5 Å². The van der Waals surface area contributed by atoms with Crippen LogP contribution in [0.25, 0.3) is 0 Å². The first-order valence-electron chi connectivity index (χ1n) is 7.57. The van der Waals surface area contributed by atoms with Crippen LogP contribution in [-0.2, 0) is 27.2 Å².